The number of rotatable bonds is 7. The van der Waals surface area contributed by atoms with Gasteiger partial charge in [-0.3, -0.25) is 9.69 Å². The highest BCUT2D eigenvalue weighted by molar-refractivity contribution is 6.00. The number of benzene rings is 2. The summed E-state index contributed by atoms with van der Waals surface area (Å²) in [7, 11) is 2.04. The highest BCUT2D eigenvalue weighted by Crippen LogP contribution is 2.12. The van der Waals surface area contributed by atoms with Crippen molar-refractivity contribution in [2.45, 2.75) is 25.8 Å². The summed E-state index contributed by atoms with van der Waals surface area (Å²) < 4.78 is 0. The maximum atomic E-state index is 12.6. The lowest BCUT2D eigenvalue weighted by Gasteiger charge is -2.26. The van der Waals surface area contributed by atoms with E-state index in [9.17, 15) is 4.79 Å². The number of hydrogen-bond donors (Lipinski definition) is 0. The third kappa shape index (κ3) is 4.27. The smallest absolute Gasteiger partial charge is 0.179 e. The molecule has 0 aromatic heterocycles. The molecule has 0 heterocycles. The van der Waals surface area contributed by atoms with E-state index in [-0.39, 0.29) is 11.8 Å². The fourth-order valence-corrected chi connectivity index (χ4v) is 2.60. The van der Waals surface area contributed by atoms with E-state index in [1.165, 1.54) is 5.56 Å². The van der Waals surface area contributed by atoms with Crippen LogP contribution in [0.5, 0.6) is 0 Å². The highest BCUT2D eigenvalue weighted by atomic mass is 16.1. The molecule has 21 heavy (non-hydrogen) atoms. The van der Waals surface area contributed by atoms with Crippen molar-refractivity contribution < 1.29 is 4.79 Å². The van der Waals surface area contributed by atoms with Crippen LogP contribution in [-0.2, 0) is 6.42 Å². The lowest BCUT2D eigenvalue weighted by molar-refractivity contribution is 0.0847. The molecule has 2 aromatic rings. The van der Waals surface area contributed by atoms with Crippen molar-refractivity contribution in [1.82, 2.24) is 4.90 Å². The number of carbonyl (C=O) groups excluding carboxylic acids is 1. The quantitative estimate of drug-likeness (QED) is 0.719. The van der Waals surface area contributed by atoms with Gasteiger partial charge >= 0.3 is 0 Å². The molecule has 0 aliphatic rings. The van der Waals surface area contributed by atoms with Gasteiger partial charge in [0.1, 0.15) is 0 Å². The Hall–Kier alpha value is -1.93. The van der Waals surface area contributed by atoms with E-state index in [0.29, 0.717) is 0 Å². The Balaban J connectivity index is 1.98. The summed E-state index contributed by atoms with van der Waals surface area (Å²) >= 11 is 0. The summed E-state index contributed by atoms with van der Waals surface area (Å²) in [5.74, 6) is 0.216. The number of carbonyl (C=O) groups is 1. The van der Waals surface area contributed by atoms with Crippen molar-refractivity contribution >= 4 is 5.78 Å². The molecule has 2 nitrogen and oxygen atoms in total. The van der Waals surface area contributed by atoms with Crippen molar-refractivity contribution in [2.75, 3.05) is 13.6 Å². The van der Waals surface area contributed by atoms with Crippen LogP contribution in [0.4, 0.5) is 0 Å². The van der Waals surface area contributed by atoms with Crippen LogP contribution in [0.25, 0.3) is 0 Å². The first-order chi connectivity index (χ1) is 10.2. The monoisotopic (exact) mass is 281 g/mol. The Kier molecular flexibility index (Phi) is 5.70. The minimum atomic E-state index is -0.0453. The lowest BCUT2D eigenvalue weighted by Crippen LogP contribution is -2.39. The number of ketones is 1. The van der Waals surface area contributed by atoms with Crippen LogP contribution < -0.4 is 0 Å². The van der Waals surface area contributed by atoms with Gasteiger partial charge in [0.15, 0.2) is 5.78 Å². The minimum Gasteiger partial charge on any atom is -0.296 e. The van der Waals surface area contributed by atoms with Crippen LogP contribution in [-0.4, -0.2) is 30.3 Å². The summed E-state index contributed by atoms with van der Waals surface area (Å²) in [6.45, 7) is 2.96. The summed E-state index contributed by atoms with van der Waals surface area (Å²) in [4.78, 5) is 14.8. The number of likely N-dealkylation sites (N-methyl/N-ethyl adjacent to an activating group) is 1. The van der Waals surface area contributed by atoms with Crippen molar-refractivity contribution in [3.63, 3.8) is 0 Å². The fraction of sp³-hybridized carbons (Fsp3) is 0.316. The van der Waals surface area contributed by atoms with Crippen LogP contribution in [0.3, 0.4) is 0 Å². The second kappa shape index (κ2) is 7.75. The van der Waals surface area contributed by atoms with Gasteiger partial charge in [0.05, 0.1) is 6.04 Å². The molecule has 0 amide bonds. The largest absolute Gasteiger partial charge is 0.296 e. The van der Waals surface area contributed by atoms with Crippen LogP contribution >= 0.6 is 0 Å². The minimum absolute atomic E-state index is 0.0453. The Bertz CT molecular complexity index is 550. The Morgan fingerprint density at radius 2 is 1.57 bits per heavy atom. The fourth-order valence-electron chi connectivity index (χ4n) is 2.60. The van der Waals surface area contributed by atoms with E-state index in [4.69, 9.17) is 0 Å². The van der Waals surface area contributed by atoms with Crippen molar-refractivity contribution in [3.05, 3.63) is 71.8 Å². The van der Waals surface area contributed by atoms with Crippen LogP contribution in [0, 0.1) is 0 Å². The van der Waals surface area contributed by atoms with Crippen LogP contribution in [0.15, 0.2) is 60.7 Å². The molecular weight excluding hydrogens is 258 g/mol. The second-order valence-electron chi connectivity index (χ2n) is 5.37. The average Bonchev–Trinajstić information content (AvgIpc) is 2.55. The third-order valence-electron chi connectivity index (χ3n) is 3.88. The van der Waals surface area contributed by atoms with Gasteiger partial charge in [-0.05, 0) is 25.5 Å². The number of Topliss-reactive ketones (excluding diaryl/α,β-unsaturated/α-hetero) is 1. The maximum absolute atomic E-state index is 12.6. The SMILES string of the molecule is CCC(C(=O)c1ccccc1)N(C)CCc1ccccc1. The van der Waals surface area contributed by atoms with Gasteiger partial charge in [0, 0.05) is 12.1 Å². The molecule has 0 fully saturated rings. The zero-order chi connectivity index (χ0) is 15.1. The van der Waals surface area contributed by atoms with Crippen molar-refractivity contribution in [3.8, 4) is 0 Å². The molecule has 0 N–H and O–H groups in total. The van der Waals surface area contributed by atoms with E-state index >= 15 is 0 Å². The van der Waals surface area contributed by atoms with Gasteiger partial charge < -0.3 is 0 Å². The summed E-state index contributed by atoms with van der Waals surface area (Å²) in [6.07, 6.45) is 1.80. The molecule has 0 saturated carbocycles. The lowest BCUT2D eigenvalue weighted by atomic mass is 10.0. The molecule has 1 unspecified atom stereocenters. The molecule has 0 aliphatic heterocycles. The Labute approximate surface area is 127 Å². The van der Waals surface area contributed by atoms with Gasteiger partial charge in [0.2, 0.25) is 0 Å². The first-order valence-electron chi connectivity index (χ1n) is 7.55. The third-order valence-corrected chi connectivity index (χ3v) is 3.88. The zero-order valence-electron chi connectivity index (χ0n) is 12.8. The molecule has 0 saturated heterocycles. The Morgan fingerprint density at radius 3 is 2.14 bits per heavy atom. The first kappa shape index (κ1) is 15.5. The van der Waals surface area contributed by atoms with Gasteiger partial charge in [-0.2, -0.15) is 0 Å². The molecule has 110 valence electrons. The second-order valence-corrected chi connectivity index (χ2v) is 5.37. The molecule has 0 bridgehead atoms. The first-order valence-corrected chi connectivity index (χ1v) is 7.55. The van der Waals surface area contributed by atoms with Crippen molar-refractivity contribution in [1.29, 1.82) is 0 Å². The average molecular weight is 281 g/mol. The van der Waals surface area contributed by atoms with Crippen LogP contribution in [0.2, 0.25) is 0 Å². The summed E-state index contributed by atoms with van der Waals surface area (Å²) in [5.41, 5.74) is 2.11. The molecule has 1 atom stereocenters. The Morgan fingerprint density at radius 1 is 1.00 bits per heavy atom. The van der Waals surface area contributed by atoms with Crippen molar-refractivity contribution in [2.24, 2.45) is 0 Å². The predicted octanol–water partition coefficient (Wildman–Crippen LogP) is 3.82. The normalized spacial score (nSPS) is 12.3. The van der Waals surface area contributed by atoms with E-state index in [1.807, 2.05) is 43.4 Å². The van der Waals surface area contributed by atoms with Gasteiger partial charge in [-0.1, -0.05) is 67.6 Å². The summed E-state index contributed by atoms with van der Waals surface area (Å²) in [5, 5.41) is 0. The standard InChI is InChI=1S/C19H23NO/c1-3-18(19(21)17-12-8-5-9-13-17)20(2)15-14-16-10-6-4-7-11-16/h4-13,18H,3,14-15H2,1-2H3. The van der Waals surface area contributed by atoms with E-state index in [2.05, 4.69) is 36.1 Å². The molecular formula is C19H23NO. The number of hydrogen-bond acceptors (Lipinski definition) is 2. The van der Waals surface area contributed by atoms with E-state index in [0.717, 1.165) is 24.9 Å². The molecule has 2 heteroatoms. The molecule has 0 spiro atoms. The van der Waals surface area contributed by atoms with Crippen LogP contribution in [0.1, 0.15) is 29.3 Å². The molecule has 0 radical (unpaired) electrons. The van der Waals surface area contributed by atoms with Gasteiger partial charge in [-0.15, -0.1) is 0 Å². The maximum Gasteiger partial charge on any atom is 0.179 e. The van der Waals surface area contributed by atoms with E-state index < -0.39 is 0 Å². The predicted molar refractivity (Wildman–Crippen MR) is 87.6 cm³/mol. The molecule has 2 aromatic carbocycles. The molecule has 2 rings (SSSR count). The van der Waals surface area contributed by atoms with Gasteiger partial charge in [0.25, 0.3) is 0 Å². The number of nitrogens with zero attached hydrogens (tertiary/aromatic N) is 1. The topological polar surface area (TPSA) is 20.3 Å². The summed E-state index contributed by atoms with van der Waals surface area (Å²) in [6, 6.07) is 19.9. The van der Waals surface area contributed by atoms with Gasteiger partial charge in [-0.25, -0.2) is 0 Å². The zero-order valence-corrected chi connectivity index (χ0v) is 12.8. The van der Waals surface area contributed by atoms with E-state index in [1.54, 1.807) is 0 Å². The molecule has 0 aliphatic carbocycles. The highest BCUT2D eigenvalue weighted by Gasteiger charge is 2.22.